The van der Waals surface area contributed by atoms with E-state index in [0.29, 0.717) is 25.8 Å². The van der Waals surface area contributed by atoms with Crippen LogP contribution in [-0.2, 0) is 9.47 Å². The van der Waals surface area contributed by atoms with Crippen LogP contribution in [0.2, 0.25) is 0 Å². The Morgan fingerprint density at radius 1 is 1.16 bits per heavy atom. The van der Waals surface area contributed by atoms with Crippen molar-refractivity contribution in [1.29, 1.82) is 0 Å². The minimum absolute atomic E-state index is 0.0365. The van der Waals surface area contributed by atoms with Gasteiger partial charge in [-0.3, -0.25) is 0 Å². The van der Waals surface area contributed by atoms with E-state index in [9.17, 15) is 5.11 Å². The van der Waals surface area contributed by atoms with Gasteiger partial charge in [0.1, 0.15) is 0 Å². The second-order valence-electron chi connectivity index (χ2n) is 6.28. The molecule has 2 N–H and O–H groups in total. The predicted octanol–water partition coefficient (Wildman–Crippen LogP) is 1.81. The van der Waals surface area contributed by atoms with Gasteiger partial charge in [0.05, 0.1) is 25.4 Å². The Morgan fingerprint density at radius 2 is 1.79 bits per heavy atom. The molecule has 0 aromatic heterocycles. The van der Waals surface area contributed by atoms with E-state index in [1.165, 1.54) is 19.3 Å². The molecule has 0 saturated heterocycles. The lowest BCUT2D eigenvalue weighted by Crippen LogP contribution is -2.41. The van der Waals surface area contributed by atoms with E-state index in [4.69, 9.17) is 9.47 Å². The lowest BCUT2D eigenvalue weighted by atomic mass is 9.80. The summed E-state index contributed by atoms with van der Waals surface area (Å²) < 4.78 is 10.5. The van der Waals surface area contributed by atoms with Crippen LogP contribution in [0.3, 0.4) is 0 Å². The Balaban J connectivity index is 2.13. The third-order valence-corrected chi connectivity index (χ3v) is 3.80. The lowest BCUT2D eigenvalue weighted by Gasteiger charge is -2.32. The molecule has 0 aliphatic heterocycles. The normalized spacial score (nSPS) is 31.1. The molecule has 1 aliphatic carbocycles. The first-order valence-electron chi connectivity index (χ1n) is 7.53. The van der Waals surface area contributed by atoms with Crippen LogP contribution in [0.4, 0.5) is 0 Å². The van der Waals surface area contributed by atoms with Gasteiger partial charge in [0.2, 0.25) is 0 Å². The van der Waals surface area contributed by atoms with Crippen LogP contribution in [0.5, 0.6) is 0 Å². The van der Waals surface area contributed by atoms with Crippen molar-refractivity contribution >= 4 is 0 Å². The van der Waals surface area contributed by atoms with Gasteiger partial charge in [0.15, 0.2) is 0 Å². The second-order valence-corrected chi connectivity index (χ2v) is 6.28. The Kier molecular flexibility index (Phi) is 7.91. The molecule has 1 fully saturated rings. The number of ether oxygens (including phenoxy) is 2. The Bertz CT molecular complexity index is 227. The fourth-order valence-corrected chi connectivity index (χ4v) is 3.03. The summed E-state index contributed by atoms with van der Waals surface area (Å²) in [6.45, 7) is 8.14. The summed E-state index contributed by atoms with van der Waals surface area (Å²) in [6.07, 6.45) is 3.37. The van der Waals surface area contributed by atoms with E-state index in [1.807, 2.05) is 6.92 Å². The molecular formula is C15H31NO3. The van der Waals surface area contributed by atoms with Crippen molar-refractivity contribution in [3.63, 3.8) is 0 Å². The van der Waals surface area contributed by atoms with Crippen molar-refractivity contribution in [3.05, 3.63) is 0 Å². The standard InChI is InChI=1S/C15H31NO3/c1-11-5-12(2)7-14(6-11)16-8-15(17)10-19-13(3)9-18-4/h11-17H,5-10H2,1-4H3. The highest BCUT2D eigenvalue weighted by Crippen LogP contribution is 2.28. The molecule has 0 aromatic carbocycles. The van der Waals surface area contributed by atoms with Gasteiger partial charge in [0.25, 0.3) is 0 Å². The highest BCUT2D eigenvalue weighted by Gasteiger charge is 2.23. The van der Waals surface area contributed by atoms with Crippen molar-refractivity contribution < 1.29 is 14.6 Å². The second kappa shape index (κ2) is 8.90. The van der Waals surface area contributed by atoms with E-state index in [-0.39, 0.29) is 6.10 Å². The number of rotatable bonds is 8. The molecule has 114 valence electrons. The third-order valence-electron chi connectivity index (χ3n) is 3.80. The topological polar surface area (TPSA) is 50.7 Å². The van der Waals surface area contributed by atoms with E-state index in [1.54, 1.807) is 7.11 Å². The number of nitrogens with one attached hydrogen (secondary N) is 1. The van der Waals surface area contributed by atoms with Gasteiger partial charge in [-0.25, -0.2) is 0 Å². The van der Waals surface area contributed by atoms with Gasteiger partial charge < -0.3 is 19.9 Å². The molecular weight excluding hydrogens is 242 g/mol. The van der Waals surface area contributed by atoms with Crippen molar-refractivity contribution in [1.82, 2.24) is 5.32 Å². The smallest absolute Gasteiger partial charge is 0.0897 e. The maximum atomic E-state index is 9.90. The summed E-state index contributed by atoms with van der Waals surface area (Å²) in [5, 5.41) is 13.4. The molecule has 1 aliphatic rings. The van der Waals surface area contributed by atoms with Gasteiger partial charge in [-0.2, -0.15) is 0 Å². The van der Waals surface area contributed by atoms with Gasteiger partial charge >= 0.3 is 0 Å². The zero-order valence-electron chi connectivity index (χ0n) is 12.9. The highest BCUT2D eigenvalue weighted by atomic mass is 16.5. The fourth-order valence-electron chi connectivity index (χ4n) is 3.03. The molecule has 0 radical (unpaired) electrons. The number of aliphatic hydroxyl groups is 1. The molecule has 4 atom stereocenters. The average molecular weight is 273 g/mol. The van der Waals surface area contributed by atoms with Gasteiger partial charge in [-0.1, -0.05) is 13.8 Å². The van der Waals surface area contributed by atoms with E-state index in [0.717, 1.165) is 11.8 Å². The molecule has 1 rings (SSSR count). The van der Waals surface area contributed by atoms with Crippen LogP contribution in [0, 0.1) is 11.8 Å². The summed E-state index contributed by atoms with van der Waals surface area (Å²) >= 11 is 0. The molecule has 0 amide bonds. The first-order valence-corrected chi connectivity index (χ1v) is 7.53. The van der Waals surface area contributed by atoms with E-state index < -0.39 is 6.10 Å². The van der Waals surface area contributed by atoms with Crippen LogP contribution in [0.25, 0.3) is 0 Å². The maximum absolute atomic E-state index is 9.90. The van der Waals surface area contributed by atoms with Crippen LogP contribution in [-0.4, -0.2) is 50.2 Å². The maximum Gasteiger partial charge on any atom is 0.0897 e. The Labute approximate surface area is 117 Å². The molecule has 0 spiro atoms. The number of hydrogen-bond donors (Lipinski definition) is 2. The minimum atomic E-state index is -0.438. The molecule has 4 heteroatoms. The first-order chi connectivity index (χ1) is 9.01. The highest BCUT2D eigenvalue weighted by molar-refractivity contribution is 4.80. The number of aliphatic hydroxyl groups excluding tert-OH is 1. The van der Waals surface area contributed by atoms with Crippen LogP contribution in [0.15, 0.2) is 0 Å². The molecule has 1 saturated carbocycles. The minimum Gasteiger partial charge on any atom is -0.389 e. The van der Waals surface area contributed by atoms with Gasteiger partial charge in [-0.05, 0) is 38.0 Å². The average Bonchev–Trinajstić information content (AvgIpc) is 2.33. The molecule has 4 nitrogen and oxygen atoms in total. The van der Waals surface area contributed by atoms with Gasteiger partial charge in [-0.15, -0.1) is 0 Å². The first kappa shape index (κ1) is 16.9. The van der Waals surface area contributed by atoms with Crippen LogP contribution < -0.4 is 5.32 Å². The third kappa shape index (κ3) is 7.25. The quantitative estimate of drug-likeness (QED) is 0.708. The number of hydrogen-bond acceptors (Lipinski definition) is 4. The van der Waals surface area contributed by atoms with Crippen molar-refractivity contribution in [2.45, 2.75) is 58.3 Å². The van der Waals surface area contributed by atoms with Crippen molar-refractivity contribution in [2.75, 3.05) is 26.9 Å². The molecule has 0 bridgehead atoms. The zero-order valence-corrected chi connectivity index (χ0v) is 12.9. The fraction of sp³-hybridized carbons (Fsp3) is 1.00. The zero-order chi connectivity index (χ0) is 14.3. The molecule has 0 heterocycles. The van der Waals surface area contributed by atoms with Crippen molar-refractivity contribution in [2.24, 2.45) is 11.8 Å². The lowest BCUT2D eigenvalue weighted by molar-refractivity contribution is -0.0320. The SMILES string of the molecule is COCC(C)OCC(O)CNC1CC(C)CC(C)C1. The van der Waals surface area contributed by atoms with Crippen LogP contribution in [0.1, 0.15) is 40.0 Å². The van der Waals surface area contributed by atoms with E-state index in [2.05, 4.69) is 19.2 Å². The van der Waals surface area contributed by atoms with E-state index >= 15 is 0 Å². The molecule has 19 heavy (non-hydrogen) atoms. The summed E-state index contributed by atoms with van der Waals surface area (Å²) in [5.41, 5.74) is 0. The summed E-state index contributed by atoms with van der Waals surface area (Å²) in [5.74, 6) is 1.58. The van der Waals surface area contributed by atoms with Crippen molar-refractivity contribution in [3.8, 4) is 0 Å². The van der Waals surface area contributed by atoms with Crippen LogP contribution >= 0.6 is 0 Å². The largest absolute Gasteiger partial charge is 0.389 e. The van der Waals surface area contributed by atoms with Gasteiger partial charge in [0, 0.05) is 19.7 Å². The number of methoxy groups -OCH3 is 1. The summed E-state index contributed by atoms with van der Waals surface area (Å²) in [6, 6.07) is 0.546. The Morgan fingerprint density at radius 3 is 2.37 bits per heavy atom. The molecule has 4 unspecified atom stereocenters. The monoisotopic (exact) mass is 273 g/mol. The summed E-state index contributed by atoms with van der Waals surface area (Å²) in [4.78, 5) is 0. The summed E-state index contributed by atoms with van der Waals surface area (Å²) in [7, 11) is 1.66. The Hall–Kier alpha value is -0.160. The molecule has 0 aromatic rings. The predicted molar refractivity (Wildman–Crippen MR) is 77.3 cm³/mol.